The quantitative estimate of drug-likeness (QED) is 0.665. The molecule has 2 N–H and O–H groups in total. The van der Waals surface area contributed by atoms with Crippen molar-refractivity contribution in [3.63, 3.8) is 0 Å². The molecule has 1 aromatic heterocycles. The maximum atomic E-state index is 4.84. The predicted octanol–water partition coefficient (Wildman–Crippen LogP) is 3.39. The van der Waals surface area contributed by atoms with Gasteiger partial charge >= 0.3 is 0 Å². The van der Waals surface area contributed by atoms with Crippen LogP contribution in [0.15, 0.2) is 54.6 Å². The van der Waals surface area contributed by atoms with Crippen molar-refractivity contribution in [1.29, 1.82) is 0 Å². The molecule has 3 aromatic rings. The number of benzene rings is 2. The van der Waals surface area contributed by atoms with Gasteiger partial charge in [-0.15, -0.1) is 0 Å². The fraction of sp³-hybridized carbons (Fsp3) is 0.391. The van der Waals surface area contributed by atoms with Gasteiger partial charge in [-0.2, -0.15) is 15.0 Å². The fourth-order valence-electron chi connectivity index (χ4n) is 3.81. The van der Waals surface area contributed by atoms with Crippen LogP contribution in [0.5, 0.6) is 0 Å². The van der Waals surface area contributed by atoms with Gasteiger partial charge in [0.25, 0.3) is 0 Å². The van der Waals surface area contributed by atoms with Gasteiger partial charge in [0.2, 0.25) is 0 Å². The molecular formula is C23H29N5. The summed E-state index contributed by atoms with van der Waals surface area (Å²) in [6, 6.07) is 18.8. The summed E-state index contributed by atoms with van der Waals surface area (Å²) in [5, 5.41) is 16.7. The van der Waals surface area contributed by atoms with Crippen LogP contribution in [0.2, 0.25) is 0 Å². The highest BCUT2D eigenvalue weighted by Crippen LogP contribution is 2.21. The number of hydrogen-bond acceptors (Lipinski definition) is 4. The number of hydrogen-bond donors (Lipinski definition) is 2. The van der Waals surface area contributed by atoms with E-state index in [1.807, 2.05) is 10.9 Å². The molecule has 0 unspecified atom stereocenters. The lowest BCUT2D eigenvalue weighted by molar-refractivity contribution is 0.355. The minimum Gasteiger partial charge on any atom is -0.317 e. The largest absolute Gasteiger partial charge is 0.317 e. The van der Waals surface area contributed by atoms with Crippen molar-refractivity contribution >= 4 is 0 Å². The van der Waals surface area contributed by atoms with Gasteiger partial charge in [-0.05, 0) is 56.4 Å². The van der Waals surface area contributed by atoms with E-state index < -0.39 is 0 Å². The number of rotatable bonds is 7. The second-order valence-electron chi connectivity index (χ2n) is 7.64. The first kappa shape index (κ1) is 18.8. The van der Waals surface area contributed by atoms with Gasteiger partial charge < -0.3 is 10.6 Å². The number of nitrogens with one attached hydrogen (secondary N) is 2. The second kappa shape index (κ2) is 9.13. The summed E-state index contributed by atoms with van der Waals surface area (Å²) in [5.41, 5.74) is 5.65. The molecule has 0 radical (unpaired) electrons. The smallest absolute Gasteiger partial charge is 0.117 e. The molecule has 1 saturated heterocycles. The van der Waals surface area contributed by atoms with Gasteiger partial charge in [0, 0.05) is 12.1 Å². The predicted molar refractivity (Wildman–Crippen MR) is 113 cm³/mol. The van der Waals surface area contributed by atoms with Crippen LogP contribution in [-0.4, -0.2) is 34.6 Å². The van der Waals surface area contributed by atoms with Crippen molar-refractivity contribution in [2.75, 3.05) is 19.6 Å². The van der Waals surface area contributed by atoms with E-state index in [1.165, 1.54) is 24.0 Å². The molecule has 0 amide bonds. The van der Waals surface area contributed by atoms with Crippen LogP contribution >= 0.6 is 0 Å². The standard InChI is InChI=1S/C23H29N5/c1-18-7-5-6-10-21(18)17-28-26-22(16-25-15-19-11-13-24-14-12-19)23(27-28)20-8-3-2-4-9-20/h2-10,19,24-25H,11-17H2,1H3. The molecule has 4 rings (SSSR count). The molecule has 28 heavy (non-hydrogen) atoms. The Morgan fingerprint density at radius 1 is 1.00 bits per heavy atom. The molecule has 1 fully saturated rings. The summed E-state index contributed by atoms with van der Waals surface area (Å²) in [6.45, 7) is 6.89. The van der Waals surface area contributed by atoms with Crippen LogP contribution in [-0.2, 0) is 13.1 Å². The third kappa shape index (κ3) is 4.66. The molecule has 1 aliphatic rings. The van der Waals surface area contributed by atoms with Gasteiger partial charge in [-0.3, -0.25) is 0 Å². The highest BCUT2D eigenvalue weighted by atomic mass is 15.5. The molecule has 0 bridgehead atoms. The molecule has 5 heteroatoms. The number of aromatic nitrogens is 3. The molecule has 2 heterocycles. The van der Waals surface area contributed by atoms with Crippen LogP contribution in [0.1, 0.15) is 29.7 Å². The van der Waals surface area contributed by atoms with Crippen molar-refractivity contribution in [1.82, 2.24) is 25.6 Å². The normalized spacial score (nSPS) is 15.0. The molecule has 0 saturated carbocycles. The first-order valence-electron chi connectivity index (χ1n) is 10.2. The van der Waals surface area contributed by atoms with Gasteiger partial charge in [-0.25, -0.2) is 0 Å². The third-order valence-corrected chi connectivity index (χ3v) is 5.53. The molecule has 0 spiro atoms. The van der Waals surface area contributed by atoms with Crippen molar-refractivity contribution in [3.8, 4) is 11.3 Å². The molecule has 5 nitrogen and oxygen atoms in total. The Balaban J connectivity index is 1.51. The maximum Gasteiger partial charge on any atom is 0.117 e. The zero-order valence-corrected chi connectivity index (χ0v) is 16.6. The first-order valence-corrected chi connectivity index (χ1v) is 10.2. The van der Waals surface area contributed by atoms with Crippen molar-refractivity contribution in [2.45, 2.75) is 32.9 Å². The van der Waals surface area contributed by atoms with Crippen molar-refractivity contribution < 1.29 is 0 Å². The Kier molecular flexibility index (Phi) is 6.14. The Morgan fingerprint density at radius 3 is 2.54 bits per heavy atom. The lowest BCUT2D eigenvalue weighted by Gasteiger charge is -2.22. The van der Waals surface area contributed by atoms with Crippen LogP contribution in [0.4, 0.5) is 0 Å². The van der Waals surface area contributed by atoms with Crippen LogP contribution in [0.25, 0.3) is 11.3 Å². The van der Waals surface area contributed by atoms with Gasteiger partial charge in [-0.1, -0.05) is 54.6 Å². The minimum absolute atomic E-state index is 0.695. The van der Waals surface area contributed by atoms with Gasteiger partial charge in [0.15, 0.2) is 0 Å². The Morgan fingerprint density at radius 2 is 1.75 bits per heavy atom. The highest BCUT2D eigenvalue weighted by Gasteiger charge is 2.16. The van der Waals surface area contributed by atoms with Crippen molar-refractivity contribution in [2.24, 2.45) is 5.92 Å². The average Bonchev–Trinajstić information content (AvgIpc) is 3.14. The lowest BCUT2D eigenvalue weighted by Crippen LogP contribution is -2.33. The third-order valence-electron chi connectivity index (χ3n) is 5.53. The summed E-state index contributed by atoms with van der Waals surface area (Å²) in [4.78, 5) is 1.84. The van der Waals surface area contributed by atoms with E-state index in [4.69, 9.17) is 10.2 Å². The maximum absolute atomic E-state index is 4.84. The zero-order chi connectivity index (χ0) is 19.2. The fourth-order valence-corrected chi connectivity index (χ4v) is 3.81. The van der Waals surface area contributed by atoms with Crippen molar-refractivity contribution in [3.05, 3.63) is 71.4 Å². The summed E-state index contributed by atoms with van der Waals surface area (Å²) in [5.74, 6) is 0.753. The van der Waals surface area contributed by atoms with E-state index in [0.717, 1.165) is 49.0 Å². The first-order chi connectivity index (χ1) is 13.8. The Hall–Kier alpha value is -2.50. The molecular weight excluding hydrogens is 346 g/mol. The van der Waals surface area contributed by atoms with Crippen LogP contribution < -0.4 is 10.6 Å². The van der Waals surface area contributed by atoms with E-state index in [2.05, 4.69) is 66.1 Å². The Bertz CT molecular complexity index is 881. The average molecular weight is 376 g/mol. The zero-order valence-electron chi connectivity index (χ0n) is 16.6. The van der Waals surface area contributed by atoms with E-state index in [0.29, 0.717) is 6.54 Å². The van der Waals surface area contributed by atoms with Crippen LogP contribution in [0, 0.1) is 12.8 Å². The molecule has 2 aromatic carbocycles. The van der Waals surface area contributed by atoms with E-state index >= 15 is 0 Å². The molecule has 1 aliphatic heterocycles. The minimum atomic E-state index is 0.695. The second-order valence-corrected chi connectivity index (χ2v) is 7.64. The van der Waals surface area contributed by atoms with E-state index in [-0.39, 0.29) is 0 Å². The number of aryl methyl sites for hydroxylation is 1. The highest BCUT2D eigenvalue weighted by molar-refractivity contribution is 5.60. The summed E-state index contributed by atoms with van der Waals surface area (Å²) >= 11 is 0. The molecule has 0 atom stereocenters. The lowest BCUT2D eigenvalue weighted by atomic mass is 9.98. The van der Waals surface area contributed by atoms with Gasteiger partial charge in [0.1, 0.15) is 11.4 Å². The number of nitrogens with zero attached hydrogens (tertiary/aromatic N) is 3. The molecule has 146 valence electrons. The van der Waals surface area contributed by atoms with Crippen LogP contribution in [0.3, 0.4) is 0 Å². The Labute approximate surface area is 167 Å². The van der Waals surface area contributed by atoms with Gasteiger partial charge in [0.05, 0.1) is 6.54 Å². The summed E-state index contributed by atoms with van der Waals surface area (Å²) < 4.78 is 0. The summed E-state index contributed by atoms with van der Waals surface area (Å²) in [7, 11) is 0. The number of piperidine rings is 1. The van der Waals surface area contributed by atoms with E-state index in [9.17, 15) is 0 Å². The monoisotopic (exact) mass is 375 g/mol. The topological polar surface area (TPSA) is 54.8 Å². The van der Waals surface area contributed by atoms with E-state index in [1.54, 1.807) is 0 Å². The summed E-state index contributed by atoms with van der Waals surface area (Å²) in [6.07, 6.45) is 2.50. The SMILES string of the molecule is Cc1ccccc1Cn1nc(CNCC2CCNCC2)c(-c2ccccc2)n1. The molecule has 0 aliphatic carbocycles.